The molecule has 0 bridgehead atoms. The van der Waals surface area contributed by atoms with Crippen LogP contribution in [0.1, 0.15) is 59.3 Å². The Morgan fingerprint density at radius 3 is 2.56 bits per heavy atom. The number of nitrogens with two attached hydrogens (primary N) is 1. The standard InChI is InChI=1S/C14H26N2O2/c1-13(2,3)18-12(17)16-11-6-4-5-10(9-11)14(15)7-8-14/h10-11H,4-9,15H2,1-3H3,(H,16,17). The van der Waals surface area contributed by atoms with Crippen LogP contribution in [0.15, 0.2) is 0 Å². The molecular formula is C14H26N2O2. The molecule has 2 atom stereocenters. The van der Waals surface area contributed by atoms with Crippen LogP contribution >= 0.6 is 0 Å². The highest BCUT2D eigenvalue weighted by atomic mass is 16.6. The van der Waals surface area contributed by atoms with E-state index in [-0.39, 0.29) is 17.7 Å². The van der Waals surface area contributed by atoms with E-state index in [2.05, 4.69) is 5.32 Å². The molecule has 0 radical (unpaired) electrons. The lowest BCUT2D eigenvalue weighted by Crippen LogP contribution is -2.45. The summed E-state index contributed by atoms with van der Waals surface area (Å²) in [4.78, 5) is 11.7. The van der Waals surface area contributed by atoms with Crippen LogP contribution in [0.3, 0.4) is 0 Å². The van der Waals surface area contributed by atoms with E-state index in [1.165, 1.54) is 6.42 Å². The van der Waals surface area contributed by atoms with E-state index >= 15 is 0 Å². The molecule has 2 saturated carbocycles. The zero-order valence-corrected chi connectivity index (χ0v) is 11.8. The fourth-order valence-corrected chi connectivity index (χ4v) is 2.87. The molecule has 18 heavy (non-hydrogen) atoms. The van der Waals surface area contributed by atoms with E-state index in [4.69, 9.17) is 10.5 Å². The highest BCUT2D eigenvalue weighted by molar-refractivity contribution is 5.68. The topological polar surface area (TPSA) is 64.3 Å². The van der Waals surface area contributed by atoms with Crippen molar-refractivity contribution in [2.24, 2.45) is 11.7 Å². The largest absolute Gasteiger partial charge is 0.444 e. The summed E-state index contributed by atoms with van der Waals surface area (Å²) < 4.78 is 5.30. The Bertz CT molecular complexity index is 318. The van der Waals surface area contributed by atoms with Gasteiger partial charge in [0.1, 0.15) is 5.60 Å². The highest BCUT2D eigenvalue weighted by Crippen LogP contribution is 2.46. The summed E-state index contributed by atoms with van der Waals surface area (Å²) in [5.74, 6) is 0.575. The van der Waals surface area contributed by atoms with Gasteiger partial charge < -0.3 is 15.8 Å². The van der Waals surface area contributed by atoms with Crippen molar-refractivity contribution in [1.82, 2.24) is 5.32 Å². The summed E-state index contributed by atoms with van der Waals surface area (Å²) in [6.45, 7) is 5.65. The van der Waals surface area contributed by atoms with Gasteiger partial charge in [-0.05, 0) is 58.8 Å². The highest BCUT2D eigenvalue weighted by Gasteiger charge is 2.47. The second-order valence-electron chi connectivity index (χ2n) is 6.94. The lowest BCUT2D eigenvalue weighted by Gasteiger charge is -2.33. The predicted molar refractivity (Wildman–Crippen MR) is 71.3 cm³/mol. The van der Waals surface area contributed by atoms with Gasteiger partial charge >= 0.3 is 6.09 Å². The number of ether oxygens (including phenoxy) is 1. The second kappa shape index (κ2) is 4.72. The van der Waals surface area contributed by atoms with Crippen molar-refractivity contribution in [3.8, 4) is 0 Å². The number of alkyl carbamates (subject to hydrolysis) is 1. The van der Waals surface area contributed by atoms with E-state index in [0.717, 1.165) is 32.1 Å². The lowest BCUT2D eigenvalue weighted by atomic mass is 9.80. The third-order valence-electron chi connectivity index (χ3n) is 4.04. The summed E-state index contributed by atoms with van der Waals surface area (Å²) in [5.41, 5.74) is 5.92. The first-order chi connectivity index (χ1) is 8.28. The molecule has 0 aliphatic heterocycles. The molecule has 2 fully saturated rings. The minimum Gasteiger partial charge on any atom is -0.444 e. The molecule has 2 aliphatic carbocycles. The Kier molecular flexibility index (Phi) is 3.58. The maximum Gasteiger partial charge on any atom is 0.407 e. The molecule has 0 aromatic heterocycles. The summed E-state index contributed by atoms with van der Waals surface area (Å²) >= 11 is 0. The monoisotopic (exact) mass is 254 g/mol. The van der Waals surface area contributed by atoms with Crippen molar-refractivity contribution >= 4 is 6.09 Å². The van der Waals surface area contributed by atoms with Gasteiger partial charge in [-0.3, -0.25) is 0 Å². The summed E-state index contributed by atoms with van der Waals surface area (Å²) in [5, 5.41) is 2.99. The maximum atomic E-state index is 11.7. The van der Waals surface area contributed by atoms with Crippen LogP contribution in [0.2, 0.25) is 0 Å². The Hall–Kier alpha value is -0.770. The van der Waals surface area contributed by atoms with Gasteiger partial charge in [0.15, 0.2) is 0 Å². The second-order valence-corrected chi connectivity index (χ2v) is 6.94. The Balaban J connectivity index is 1.81. The van der Waals surface area contributed by atoms with Gasteiger partial charge in [0.2, 0.25) is 0 Å². The molecule has 0 saturated heterocycles. The quantitative estimate of drug-likeness (QED) is 0.796. The van der Waals surface area contributed by atoms with E-state index in [9.17, 15) is 4.79 Å². The minimum atomic E-state index is -0.427. The summed E-state index contributed by atoms with van der Waals surface area (Å²) in [6.07, 6.45) is 6.43. The van der Waals surface area contributed by atoms with Crippen molar-refractivity contribution < 1.29 is 9.53 Å². The SMILES string of the molecule is CC(C)(C)OC(=O)NC1CCCC(C2(N)CC2)C1. The molecule has 1 amide bonds. The molecule has 104 valence electrons. The average Bonchev–Trinajstić information content (AvgIpc) is 2.95. The fraction of sp³-hybridized carbons (Fsp3) is 0.929. The zero-order chi connectivity index (χ0) is 13.4. The van der Waals surface area contributed by atoms with Gasteiger partial charge in [0.25, 0.3) is 0 Å². The number of nitrogens with one attached hydrogen (secondary N) is 1. The molecule has 0 aromatic rings. The molecule has 3 N–H and O–H groups in total. The summed E-state index contributed by atoms with van der Waals surface area (Å²) in [7, 11) is 0. The van der Waals surface area contributed by atoms with E-state index in [1.54, 1.807) is 0 Å². The van der Waals surface area contributed by atoms with E-state index < -0.39 is 5.60 Å². The molecule has 2 aliphatic rings. The van der Waals surface area contributed by atoms with Gasteiger partial charge in [-0.25, -0.2) is 4.79 Å². The first kappa shape index (κ1) is 13.7. The molecule has 4 heteroatoms. The van der Waals surface area contributed by atoms with Crippen molar-refractivity contribution in [3.63, 3.8) is 0 Å². The van der Waals surface area contributed by atoms with Crippen LogP contribution in [0, 0.1) is 5.92 Å². The van der Waals surface area contributed by atoms with Gasteiger partial charge in [0.05, 0.1) is 0 Å². The van der Waals surface area contributed by atoms with Crippen molar-refractivity contribution in [2.45, 2.75) is 76.5 Å². The van der Waals surface area contributed by atoms with Gasteiger partial charge in [-0.1, -0.05) is 6.42 Å². The number of amides is 1. The molecule has 0 heterocycles. The molecule has 4 nitrogen and oxygen atoms in total. The van der Waals surface area contributed by atoms with Gasteiger partial charge in [-0.15, -0.1) is 0 Å². The average molecular weight is 254 g/mol. The molecule has 2 rings (SSSR count). The number of carbonyl (C=O) groups is 1. The van der Waals surface area contributed by atoms with Gasteiger partial charge in [-0.2, -0.15) is 0 Å². The first-order valence-corrected chi connectivity index (χ1v) is 7.07. The van der Waals surface area contributed by atoms with Crippen LogP contribution < -0.4 is 11.1 Å². The lowest BCUT2D eigenvalue weighted by molar-refractivity contribution is 0.0480. The third-order valence-corrected chi connectivity index (χ3v) is 4.04. The normalized spacial score (nSPS) is 30.7. The first-order valence-electron chi connectivity index (χ1n) is 7.07. The van der Waals surface area contributed by atoms with Crippen LogP contribution in [0.25, 0.3) is 0 Å². The Morgan fingerprint density at radius 1 is 1.33 bits per heavy atom. The maximum absolute atomic E-state index is 11.7. The number of rotatable bonds is 2. The molecule has 0 spiro atoms. The Labute approximate surface area is 110 Å². The fourth-order valence-electron chi connectivity index (χ4n) is 2.87. The zero-order valence-electron chi connectivity index (χ0n) is 11.8. The molecular weight excluding hydrogens is 228 g/mol. The third kappa shape index (κ3) is 3.61. The number of hydrogen-bond acceptors (Lipinski definition) is 3. The minimum absolute atomic E-state index is 0.0777. The van der Waals surface area contributed by atoms with Crippen LogP contribution in [-0.4, -0.2) is 23.3 Å². The van der Waals surface area contributed by atoms with Crippen LogP contribution in [-0.2, 0) is 4.74 Å². The van der Waals surface area contributed by atoms with Crippen molar-refractivity contribution in [1.29, 1.82) is 0 Å². The molecule has 2 unspecified atom stereocenters. The number of carbonyl (C=O) groups excluding carboxylic acids is 1. The van der Waals surface area contributed by atoms with Crippen LogP contribution in [0.5, 0.6) is 0 Å². The predicted octanol–water partition coefficient (Wildman–Crippen LogP) is 2.56. The number of hydrogen-bond donors (Lipinski definition) is 2. The van der Waals surface area contributed by atoms with Gasteiger partial charge in [0, 0.05) is 11.6 Å². The Morgan fingerprint density at radius 2 is 2.00 bits per heavy atom. The summed E-state index contributed by atoms with van der Waals surface area (Å²) in [6, 6.07) is 0.236. The van der Waals surface area contributed by atoms with Crippen molar-refractivity contribution in [2.75, 3.05) is 0 Å². The van der Waals surface area contributed by atoms with E-state index in [1.807, 2.05) is 20.8 Å². The van der Waals surface area contributed by atoms with Crippen LogP contribution in [0.4, 0.5) is 4.79 Å². The van der Waals surface area contributed by atoms with Crippen molar-refractivity contribution in [3.05, 3.63) is 0 Å². The van der Waals surface area contributed by atoms with E-state index in [0.29, 0.717) is 5.92 Å². The smallest absolute Gasteiger partial charge is 0.407 e. The molecule has 0 aromatic carbocycles.